The van der Waals surface area contributed by atoms with Crippen LogP contribution in [0.25, 0.3) is 0 Å². The summed E-state index contributed by atoms with van der Waals surface area (Å²) in [5.41, 5.74) is 1.97. The van der Waals surface area contributed by atoms with Gasteiger partial charge in [-0.05, 0) is 47.1 Å². The predicted octanol–water partition coefficient (Wildman–Crippen LogP) is 3.61. The van der Waals surface area contributed by atoms with Gasteiger partial charge in [-0.25, -0.2) is 0 Å². The number of aryl methyl sites for hydroxylation is 1. The van der Waals surface area contributed by atoms with Crippen LogP contribution in [-0.4, -0.2) is 16.8 Å². The highest BCUT2D eigenvalue weighted by Gasteiger charge is 2.23. The Morgan fingerprint density at radius 3 is 2.94 bits per heavy atom. The molecule has 2 heterocycles. The number of furan rings is 1. The number of nitrogens with one attached hydrogen (secondary N) is 1. The highest BCUT2D eigenvalue weighted by Crippen LogP contribution is 2.32. The third kappa shape index (κ3) is 2.48. The van der Waals surface area contributed by atoms with Crippen molar-refractivity contribution in [3.8, 4) is 0 Å². The van der Waals surface area contributed by atoms with E-state index < -0.39 is 0 Å². The van der Waals surface area contributed by atoms with Crippen LogP contribution in [0.4, 0.5) is 0 Å². The average molecular weight is 333 g/mol. The van der Waals surface area contributed by atoms with Crippen LogP contribution in [0.1, 0.15) is 30.6 Å². The number of rotatable bonds is 5. The minimum atomic E-state index is -0.0420. The molecule has 6 heteroatoms. The monoisotopic (exact) mass is 331 g/mol. The first-order chi connectivity index (χ1) is 8.69. The molecule has 1 atom stereocenters. The second kappa shape index (κ2) is 5.91. The van der Waals surface area contributed by atoms with E-state index in [9.17, 15) is 0 Å². The molecular weight excluding hydrogens is 318 g/mol. The zero-order valence-electron chi connectivity index (χ0n) is 10.3. The van der Waals surface area contributed by atoms with Gasteiger partial charge < -0.3 is 9.73 Å². The number of aromatic nitrogens is 2. The lowest BCUT2D eigenvalue weighted by Gasteiger charge is -2.17. The topological polar surface area (TPSA) is 43.0 Å². The van der Waals surface area contributed by atoms with Gasteiger partial charge in [-0.15, -0.1) is 0 Å². The van der Waals surface area contributed by atoms with Crippen LogP contribution in [0.3, 0.4) is 0 Å². The van der Waals surface area contributed by atoms with Crippen molar-refractivity contribution in [3.05, 3.63) is 39.5 Å². The van der Waals surface area contributed by atoms with Gasteiger partial charge in [0.05, 0.1) is 28.7 Å². The third-order valence-electron chi connectivity index (χ3n) is 2.79. The highest BCUT2D eigenvalue weighted by atomic mass is 79.9. The maximum Gasteiger partial charge on any atom is 0.198 e. The van der Waals surface area contributed by atoms with Gasteiger partial charge in [0, 0.05) is 12.1 Å². The molecule has 0 radical (unpaired) electrons. The number of halogens is 2. The first-order valence-electron chi connectivity index (χ1n) is 5.80. The van der Waals surface area contributed by atoms with E-state index >= 15 is 0 Å². The molecular formula is C12H15BrClN3O. The minimum Gasteiger partial charge on any atom is -0.453 e. The summed E-state index contributed by atoms with van der Waals surface area (Å²) in [6, 6.07) is 1.83. The smallest absolute Gasteiger partial charge is 0.198 e. The van der Waals surface area contributed by atoms with Crippen molar-refractivity contribution in [2.45, 2.75) is 25.9 Å². The van der Waals surface area contributed by atoms with E-state index in [0.717, 1.165) is 28.7 Å². The molecule has 18 heavy (non-hydrogen) atoms. The third-order valence-corrected chi connectivity index (χ3v) is 3.71. The van der Waals surface area contributed by atoms with Gasteiger partial charge in [-0.1, -0.05) is 6.92 Å². The molecule has 4 nitrogen and oxygen atoms in total. The number of hydrogen-bond donors (Lipinski definition) is 1. The fourth-order valence-electron chi connectivity index (χ4n) is 2.00. The summed E-state index contributed by atoms with van der Waals surface area (Å²) in [5, 5.41) is 8.03. The minimum absolute atomic E-state index is 0.0420. The predicted molar refractivity (Wildman–Crippen MR) is 74.8 cm³/mol. The van der Waals surface area contributed by atoms with Gasteiger partial charge in [-0.3, -0.25) is 4.68 Å². The molecule has 1 N–H and O–H groups in total. The number of hydrogen-bond acceptors (Lipinski definition) is 3. The summed E-state index contributed by atoms with van der Waals surface area (Å²) in [5.74, 6) is 0. The van der Waals surface area contributed by atoms with Crippen molar-refractivity contribution in [2.24, 2.45) is 0 Å². The second-order valence-electron chi connectivity index (χ2n) is 3.97. The lowest BCUT2D eigenvalue weighted by Crippen LogP contribution is -2.22. The largest absolute Gasteiger partial charge is 0.453 e. The quantitative estimate of drug-likeness (QED) is 0.909. The van der Waals surface area contributed by atoms with E-state index in [-0.39, 0.29) is 6.04 Å². The molecule has 0 bridgehead atoms. The van der Waals surface area contributed by atoms with Crippen molar-refractivity contribution in [2.75, 3.05) is 7.05 Å². The van der Waals surface area contributed by atoms with Crippen molar-refractivity contribution in [1.82, 2.24) is 15.1 Å². The zero-order chi connectivity index (χ0) is 13.1. The lowest BCUT2D eigenvalue weighted by atomic mass is 10.1. The molecule has 0 saturated heterocycles. The van der Waals surface area contributed by atoms with Crippen LogP contribution in [0.2, 0.25) is 5.22 Å². The fraction of sp³-hybridized carbons (Fsp3) is 0.417. The Balaban J connectivity index is 2.45. The Morgan fingerprint density at radius 2 is 2.39 bits per heavy atom. The Bertz CT molecular complexity index is 523. The van der Waals surface area contributed by atoms with Gasteiger partial charge in [0.1, 0.15) is 0 Å². The van der Waals surface area contributed by atoms with Gasteiger partial charge >= 0.3 is 0 Å². The van der Waals surface area contributed by atoms with Crippen LogP contribution in [0, 0.1) is 0 Å². The lowest BCUT2D eigenvalue weighted by molar-refractivity contribution is 0.524. The summed E-state index contributed by atoms with van der Waals surface area (Å²) in [7, 11) is 1.89. The maximum atomic E-state index is 6.06. The Kier molecular flexibility index (Phi) is 4.48. The van der Waals surface area contributed by atoms with E-state index in [1.54, 1.807) is 6.26 Å². The van der Waals surface area contributed by atoms with Gasteiger partial charge in [-0.2, -0.15) is 5.10 Å². The fourth-order valence-corrected chi connectivity index (χ4v) is 2.75. The summed E-state index contributed by atoms with van der Waals surface area (Å²) >= 11 is 9.60. The van der Waals surface area contributed by atoms with Crippen LogP contribution >= 0.6 is 27.5 Å². The normalized spacial score (nSPS) is 12.9. The van der Waals surface area contributed by atoms with E-state index in [2.05, 4.69) is 33.3 Å². The Morgan fingerprint density at radius 1 is 1.61 bits per heavy atom. The van der Waals surface area contributed by atoms with E-state index in [1.165, 1.54) is 0 Å². The summed E-state index contributed by atoms with van der Waals surface area (Å²) in [4.78, 5) is 0. The average Bonchev–Trinajstić information content (AvgIpc) is 2.91. The van der Waals surface area contributed by atoms with E-state index in [1.807, 2.05) is 24.0 Å². The van der Waals surface area contributed by atoms with Crippen LogP contribution in [0.15, 0.2) is 27.4 Å². The van der Waals surface area contributed by atoms with Crippen LogP contribution in [0.5, 0.6) is 0 Å². The van der Waals surface area contributed by atoms with Gasteiger partial charge in [0.2, 0.25) is 0 Å². The molecule has 0 aliphatic rings. The van der Waals surface area contributed by atoms with Gasteiger partial charge in [0.15, 0.2) is 5.22 Å². The molecule has 2 aromatic heterocycles. The maximum absolute atomic E-state index is 6.06. The molecule has 2 aromatic rings. The summed E-state index contributed by atoms with van der Waals surface area (Å²) in [6.07, 6.45) is 4.43. The molecule has 0 spiro atoms. The SMILES string of the molecule is CCCn1ncc(Br)c1C(NC)c1ccoc1Cl. The van der Waals surface area contributed by atoms with Gasteiger partial charge in [0.25, 0.3) is 0 Å². The molecule has 0 fully saturated rings. The highest BCUT2D eigenvalue weighted by molar-refractivity contribution is 9.10. The summed E-state index contributed by atoms with van der Waals surface area (Å²) < 4.78 is 8.11. The van der Waals surface area contributed by atoms with Crippen molar-refractivity contribution in [3.63, 3.8) is 0 Å². The molecule has 0 aliphatic carbocycles. The van der Waals surface area contributed by atoms with Crippen molar-refractivity contribution in [1.29, 1.82) is 0 Å². The second-order valence-corrected chi connectivity index (χ2v) is 5.17. The van der Waals surface area contributed by atoms with Crippen LogP contribution < -0.4 is 5.32 Å². The standard InChI is InChI=1S/C12H15BrClN3O/c1-3-5-17-11(9(13)7-16-17)10(15-2)8-4-6-18-12(8)14/h4,6-7,10,15H,3,5H2,1-2H3. The first-order valence-corrected chi connectivity index (χ1v) is 6.97. The molecule has 0 aliphatic heterocycles. The molecule has 0 aromatic carbocycles. The number of nitrogens with zero attached hydrogens (tertiary/aromatic N) is 2. The first kappa shape index (κ1) is 13.6. The molecule has 98 valence electrons. The molecule has 2 rings (SSSR count). The van der Waals surface area contributed by atoms with Crippen LogP contribution in [-0.2, 0) is 6.54 Å². The van der Waals surface area contributed by atoms with E-state index in [0.29, 0.717) is 5.22 Å². The Labute approximate surface area is 119 Å². The molecule has 0 amide bonds. The van der Waals surface area contributed by atoms with Crippen molar-refractivity contribution >= 4 is 27.5 Å². The molecule has 0 saturated carbocycles. The van der Waals surface area contributed by atoms with Crippen molar-refractivity contribution < 1.29 is 4.42 Å². The molecule has 1 unspecified atom stereocenters. The summed E-state index contributed by atoms with van der Waals surface area (Å²) in [6.45, 7) is 2.99. The van der Waals surface area contributed by atoms with E-state index in [4.69, 9.17) is 16.0 Å². The zero-order valence-corrected chi connectivity index (χ0v) is 12.6. The Hall–Kier alpha value is -0.780.